The molecule has 0 spiro atoms. The average molecular weight is 730 g/mol. The standard InChI is InChI=1S/C38H67NO12/c1-32(40)30-50-27-25-48-23-16-18-35(42)31-51-28-26-49-24-22-39-36(43)21-20-33(38(46)47)29-34(41)17-14-12-10-8-6-4-2-3-5-7-9-11-13-15-19-37(44)45/h33H,2-31H2,1H3,(H,39,43)(H,44,45)(H,46,47). The van der Waals surface area contributed by atoms with Gasteiger partial charge in [-0.1, -0.05) is 77.0 Å². The Morgan fingerprint density at radius 3 is 1.51 bits per heavy atom. The van der Waals surface area contributed by atoms with E-state index in [1.807, 2.05) is 0 Å². The van der Waals surface area contributed by atoms with Crippen molar-refractivity contribution >= 4 is 35.2 Å². The number of carbonyl (C=O) groups is 6. The van der Waals surface area contributed by atoms with Gasteiger partial charge in [0.2, 0.25) is 5.91 Å². The van der Waals surface area contributed by atoms with Crippen LogP contribution in [-0.2, 0) is 47.7 Å². The van der Waals surface area contributed by atoms with Crippen LogP contribution < -0.4 is 5.32 Å². The Hall–Kier alpha value is -2.74. The third kappa shape index (κ3) is 36.8. The fourth-order valence-electron chi connectivity index (χ4n) is 5.35. The molecular formula is C38H67NO12. The van der Waals surface area contributed by atoms with Crippen LogP contribution in [0, 0.1) is 5.92 Å². The van der Waals surface area contributed by atoms with Gasteiger partial charge in [-0.15, -0.1) is 0 Å². The Labute approximate surface area is 305 Å². The first-order valence-electron chi connectivity index (χ1n) is 19.2. The number of ketones is 3. The summed E-state index contributed by atoms with van der Waals surface area (Å²) in [5.41, 5.74) is 0. The quantitative estimate of drug-likeness (QED) is 0.0636. The number of carboxylic acids is 2. The molecular weight excluding hydrogens is 662 g/mol. The van der Waals surface area contributed by atoms with Gasteiger partial charge < -0.3 is 34.5 Å². The zero-order chi connectivity index (χ0) is 37.8. The molecule has 0 rings (SSSR count). The van der Waals surface area contributed by atoms with Gasteiger partial charge in [-0.25, -0.2) is 0 Å². The minimum Gasteiger partial charge on any atom is -0.481 e. The lowest BCUT2D eigenvalue weighted by Gasteiger charge is -2.12. The molecule has 0 fully saturated rings. The molecule has 1 unspecified atom stereocenters. The van der Waals surface area contributed by atoms with Crippen molar-refractivity contribution in [2.75, 3.05) is 59.4 Å². The number of nitrogens with one attached hydrogen (secondary N) is 1. The summed E-state index contributed by atoms with van der Waals surface area (Å²) in [7, 11) is 0. The second-order valence-electron chi connectivity index (χ2n) is 13.2. The summed E-state index contributed by atoms with van der Waals surface area (Å²) in [6, 6.07) is 0. The van der Waals surface area contributed by atoms with Gasteiger partial charge in [0, 0.05) is 45.3 Å². The van der Waals surface area contributed by atoms with Gasteiger partial charge in [-0.3, -0.25) is 28.8 Å². The summed E-state index contributed by atoms with van der Waals surface area (Å²) in [4.78, 5) is 69.3. The van der Waals surface area contributed by atoms with Gasteiger partial charge >= 0.3 is 11.9 Å². The first-order valence-corrected chi connectivity index (χ1v) is 19.2. The number of hydrogen-bond donors (Lipinski definition) is 3. The maximum Gasteiger partial charge on any atom is 0.306 e. The lowest BCUT2D eigenvalue weighted by atomic mass is 9.94. The Bertz CT molecular complexity index is 942. The number of hydrogen-bond acceptors (Lipinski definition) is 10. The largest absolute Gasteiger partial charge is 0.481 e. The van der Waals surface area contributed by atoms with Crippen LogP contribution in [0.4, 0.5) is 0 Å². The molecule has 0 saturated heterocycles. The summed E-state index contributed by atoms with van der Waals surface area (Å²) in [6.45, 7) is 3.64. The lowest BCUT2D eigenvalue weighted by molar-refractivity contribution is -0.144. The number of carboxylic acid groups (broad SMARTS) is 2. The molecule has 0 saturated carbocycles. The van der Waals surface area contributed by atoms with E-state index in [2.05, 4.69) is 5.32 Å². The number of Topliss-reactive ketones (excluding diaryl/α,β-unsaturated/α-hetero) is 3. The number of carbonyl (C=O) groups excluding carboxylic acids is 4. The van der Waals surface area contributed by atoms with Crippen LogP contribution in [0.5, 0.6) is 0 Å². The van der Waals surface area contributed by atoms with Crippen molar-refractivity contribution < 1.29 is 57.9 Å². The number of unbranched alkanes of at least 4 members (excludes halogenated alkanes) is 13. The van der Waals surface area contributed by atoms with Crippen molar-refractivity contribution in [3.8, 4) is 0 Å². The molecule has 0 aromatic rings. The molecule has 0 aliphatic rings. The summed E-state index contributed by atoms with van der Waals surface area (Å²) in [6.07, 6.45) is 17.0. The Kier molecular flexibility index (Phi) is 33.7. The van der Waals surface area contributed by atoms with Crippen LogP contribution in [0.15, 0.2) is 0 Å². The zero-order valence-corrected chi connectivity index (χ0v) is 31.3. The van der Waals surface area contributed by atoms with E-state index in [4.69, 9.17) is 24.1 Å². The molecule has 0 aliphatic heterocycles. The van der Waals surface area contributed by atoms with Crippen molar-refractivity contribution in [1.82, 2.24) is 5.32 Å². The molecule has 0 aliphatic carbocycles. The summed E-state index contributed by atoms with van der Waals surface area (Å²) < 4.78 is 21.1. The minimum absolute atomic E-state index is 0.0148. The molecule has 13 nitrogen and oxygen atoms in total. The highest BCUT2D eigenvalue weighted by Gasteiger charge is 2.22. The first kappa shape index (κ1) is 48.3. The predicted octanol–water partition coefficient (Wildman–Crippen LogP) is 5.87. The number of aliphatic carboxylic acids is 2. The predicted molar refractivity (Wildman–Crippen MR) is 193 cm³/mol. The van der Waals surface area contributed by atoms with E-state index in [-0.39, 0.29) is 88.5 Å². The van der Waals surface area contributed by atoms with Crippen LogP contribution in [-0.4, -0.2) is 105 Å². The summed E-state index contributed by atoms with van der Waals surface area (Å²) >= 11 is 0. The van der Waals surface area contributed by atoms with E-state index < -0.39 is 17.9 Å². The molecule has 1 atom stereocenters. The van der Waals surface area contributed by atoms with Gasteiger partial charge in [-0.2, -0.15) is 0 Å². The van der Waals surface area contributed by atoms with Crippen molar-refractivity contribution in [3.63, 3.8) is 0 Å². The molecule has 0 bridgehead atoms. The third-order valence-corrected chi connectivity index (χ3v) is 8.26. The number of amides is 1. The van der Waals surface area contributed by atoms with E-state index in [1.165, 1.54) is 51.9 Å². The van der Waals surface area contributed by atoms with Crippen molar-refractivity contribution in [2.45, 2.75) is 142 Å². The van der Waals surface area contributed by atoms with Gasteiger partial charge in [0.1, 0.15) is 19.0 Å². The highest BCUT2D eigenvalue weighted by atomic mass is 16.5. The first-order chi connectivity index (χ1) is 24.6. The van der Waals surface area contributed by atoms with E-state index in [9.17, 15) is 33.9 Å². The van der Waals surface area contributed by atoms with E-state index >= 15 is 0 Å². The molecule has 0 radical (unpaired) electrons. The summed E-state index contributed by atoms with van der Waals surface area (Å²) in [5, 5.41) is 20.9. The average Bonchev–Trinajstić information content (AvgIpc) is 3.08. The van der Waals surface area contributed by atoms with Gasteiger partial charge in [0.25, 0.3) is 0 Å². The molecule has 0 aromatic heterocycles. The number of rotatable bonds is 40. The molecule has 1 amide bonds. The summed E-state index contributed by atoms with van der Waals surface area (Å²) in [5.74, 6) is -3.09. The van der Waals surface area contributed by atoms with Crippen LogP contribution in [0.25, 0.3) is 0 Å². The second-order valence-corrected chi connectivity index (χ2v) is 13.2. The smallest absolute Gasteiger partial charge is 0.306 e. The fourth-order valence-corrected chi connectivity index (χ4v) is 5.35. The van der Waals surface area contributed by atoms with Crippen LogP contribution in [0.3, 0.4) is 0 Å². The number of ether oxygens (including phenoxy) is 4. The van der Waals surface area contributed by atoms with Crippen molar-refractivity contribution in [3.05, 3.63) is 0 Å². The molecule has 296 valence electrons. The molecule has 0 aromatic carbocycles. The maximum absolute atomic E-state index is 12.4. The van der Waals surface area contributed by atoms with E-state index in [0.717, 1.165) is 44.9 Å². The molecule has 0 heterocycles. The zero-order valence-electron chi connectivity index (χ0n) is 31.3. The highest BCUT2D eigenvalue weighted by Crippen LogP contribution is 2.17. The van der Waals surface area contributed by atoms with Gasteiger partial charge in [-0.05, 0) is 32.6 Å². The van der Waals surface area contributed by atoms with Gasteiger partial charge in [0.15, 0.2) is 11.6 Å². The highest BCUT2D eigenvalue weighted by molar-refractivity contribution is 5.84. The van der Waals surface area contributed by atoms with Crippen LogP contribution in [0.2, 0.25) is 0 Å². The molecule has 3 N–H and O–H groups in total. The van der Waals surface area contributed by atoms with E-state index in [0.29, 0.717) is 39.1 Å². The normalized spacial score (nSPS) is 11.7. The lowest BCUT2D eigenvalue weighted by Crippen LogP contribution is -2.29. The Morgan fingerprint density at radius 1 is 0.510 bits per heavy atom. The molecule has 13 heteroatoms. The molecule has 51 heavy (non-hydrogen) atoms. The Morgan fingerprint density at radius 2 is 0.980 bits per heavy atom. The van der Waals surface area contributed by atoms with Crippen LogP contribution in [0.1, 0.15) is 142 Å². The van der Waals surface area contributed by atoms with Gasteiger partial charge in [0.05, 0.1) is 39.0 Å². The third-order valence-electron chi connectivity index (χ3n) is 8.26. The van der Waals surface area contributed by atoms with Crippen LogP contribution >= 0.6 is 0 Å². The van der Waals surface area contributed by atoms with Crippen molar-refractivity contribution in [1.29, 1.82) is 0 Å². The Balaban J connectivity index is 3.66. The maximum atomic E-state index is 12.4. The second kappa shape index (κ2) is 35.7. The fraction of sp³-hybridized carbons (Fsp3) is 0.842. The SMILES string of the molecule is CC(=O)COCCOCCCC(=O)COCCOCCNC(=O)CCC(CC(=O)CCCCCCCCCCCCCCCCC(=O)O)C(=O)O. The van der Waals surface area contributed by atoms with Crippen molar-refractivity contribution in [2.24, 2.45) is 5.92 Å². The monoisotopic (exact) mass is 729 g/mol. The van der Waals surface area contributed by atoms with E-state index in [1.54, 1.807) is 0 Å². The topological polar surface area (TPSA) is 192 Å². The minimum atomic E-state index is -1.06.